The number of alkyl halides is 1. The number of aryl methyl sites for hydroxylation is 1. The molecule has 0 saturated carbocycles. The van der Waals surface area contributed by atoms with Gasteiger partial charge >= 0.3 is 0 Å². The molecule has 0 aromatic heterocycles. The maximum Gasteiger partial charge on any atom is 0.0368 e. The summed E-state index contributed by atoms with van der Waals surface area (Å²) in [7, 11) is 2.16. The maximum absolute atomic E-state index is 3.50. The van der Waals surface area contributed by atoms with E-state index in [2.05, 4.69) is 66.8 Å². The Balaban J connectivity index is 2.92. The minimum Gasteiger partial charge on any atom is -0.372 e. The summed E-state index contributed by atoms with van der Waals surface area (Å²) in [6.07, 6.45) is 1.18. The van der Waals surface area contributed by atoms with Crippen LogP contribution in [0.3, 0.4) is 0 Å². The molecule has 0 heterocycles. The van der Waals surface area contributed by atoms with Gasteiger partial charge in [-0.25, -0.2) is 0 Å². The first-order chi connectivity index (χ1) is 7.10. The van der Waals surface area contributed by atoms with Crippen molar-refractivity contribution in [2.75, 3.05) is 11.9 Å². The third-order valence-corrected chi connectivity index (χ3v) is 3.73. The second kappa shape index (κ2) is 5.55. The lowest BCUT2D eigenvalue weighted by molar-refractivity contribution is 0.663. The lowest BCUT2D eigenvalue weighted by Crippen LogP contribution is -2.27. The molecule has 0 N–H and O–H groups in total. The van der Waals surface area contributed by atoms with Crippen molar-refractivity contribution in [3.05, 3.63) is 29.3 Å². The third-order valence-electron chi connectivity index (χ3n) is 3.13. The van der Waals surface area contributed by atoms with Crippen molar-refractivity contribution in [1.29, 1.82) is 0 Å². The van der Waals surface area contributed by atoms with Crippen LogP contribution >= 0.6 is 15.9 Å². The Kier molecular flexibility index (Phi) is 4.65. The smallest absolute Gasteiger partial charge is 0.0368 e. The molecule has 0 amide bonds. The van der Waals surface area contributed by atoms with Crippen molar-refractivity contribution < 1.29 is 0 Å². The van der Waals surface area contributed by atoms with Crippen molar-refractivity contribution in [3.63, 3.8) is 0 Å². The first-order valence-electron chi connectivity index (χ1n) is 5.48. The van der Waals surface area contributed by atoms with E-state index in [0.717, 1.165) is 5.33 Å². The van der Waals surface area contributed by atoms with E-state index in [1.54, 1.807) is 0 Å². The van der Waals surface area contributed by atoms with E-state index >= 15 is 0 Å². The van der Waals surface area contributed by atoms with Crippen LogP contribution in [0, 0.1) is 6.92 Å². The van der Waals surface area contributed by atoms with E-state index < -0.39 is 0 Å². The highest BCUT2D eigenvalue weighted by Gasteiger charge is 2.08. The van der Waals surface area contributed by atoms with E-state index in [1.165, 1.54) is 23.2 Å². The summed E-state index contributed by atoms with van der Waals surface area (Å²) in [5.74, 6) is 0. The predicted molar refractivity (Wildman–Crippen MR) is 72.0 cm³/mol. The molecular formula is C13H20BrN. The minimum absolute atomic E-state index is 0.597. The quantitative estimate of drug-likeness (QED) is 0.744. The minimum atomic E-state index is 0.597. The number of nitrogens with zero attached hydrogens (tertiary/aromatic N) is 1. The highest BCUT2D eigenvalue weighted by Crippen LogP contribution is 2.21. The van der Waals surface area contributed by atoms with Gasteiger partial charge in [-0.05, 0) is 43.5 Å². The molecule has 1 nitrogen and oxygen atoms in total. The number of hydrogen-bond acceptors (Lipinski definition) is 1. The molecule has 0 spiro atoms. The Morgan fingerprint density at radius 1 is 1.40 bits per heavy atom. The Morgan fingerprint density at radius 2 is 2.07 bits per heavy atom. The fraction of sp³-hybridized carbons (Fsp3) is 0.538. The molecule has 1 aromatic carbocycles. The molecule has 1 aromatic rings. The van der Waals surface area contributed by atoms with Crippen molar-refractivity contribution in [1.82, 2.24) is 0 Å². The Morgan fingerprint density at radius 3 is 2.53 bits per heavy atom. The van der Waals surface area contributed by atoms with E-state index in [9.17, 15) is 0 Å². The molecule has 1 atom stereocenters. The van der Waals surface area contributed by atoms with Gasteiger partial charge in [-0.3, -0.25) is 0 Å². The lowest BCUT2D eigenvalue weighted by atomic mass is 10.1. The molecule has 1 unspecified atom stereocenters. The summed E-state index contributed by atoms with van der Waals surface area (Å²) in [5.41, 5.74) is 4.04. The summed E-state index contributed by atoms with van der Waals surface area (Å²) >= 11 is 3.50. The van der Waals surface area contributed by atoms with Crippen LogP contribution in [0.25, 0.3) is 0 Å². The molecule has 1 rings (SSSR count). The van der Waals surface area contributed by atoms with Gasteiger partial charge in [-0.2, -0.15) is 0 Å². The fourth-order valence-electron chi connectivity index (χ4n) is 1.58. The molecule has 0 aliphatic carbocycles. The Labute approximate surface area is 102 Å². The van der Waals surface area contributed by atoms with Gasteiger partial charge in [0.05, 0.1) is 0 Å². The van der Waals surface area contributed by atoms with Crippen LogP contribution in [-0.4, -0.2) is 13.1 Å². The van der Waals surface area contributed by atoms with E-state index in [-0.39, 0.29) is 0 Å². The van der Waals surface area contributed by atoms with Gasteiger partial charge in [0.15, 0.2) is 0 Å². The first kappa shape index (κ1) is 12.6. The summed E-state index contributed by atoms with van der Waals surface area (Å²) in [6, 6.07) is 7.27. The molecule has 0 aliphatic rings. The molecule has 0 fully saturated rings. The lowest BCUT2D eigenvalue weighted by Gasteiger charge is -2.26. The van der Waals surface area contributed by atoms with Gasteiger partial charge in [0, 0.05) is 24.1 Å². The molecular weight excluding hydrogens is 250 g/mol. The van der Waals surface area contributed by atoms with Crippen LogP contribution < -0.4 is 4.90 Å². The van der Waals surface area contributed by atoms with Gasteiger partial charge in [-0.1, -0.05) is 28.9 Å². The van der Waals surface area contributed by atoms with Crippen LogP contribution in [-0.2, 0) is 5.33 Å². The zero-order valence-corrected chi connectivity index (χ0v) is 11.6. The highest BCUT2D eigenvalue weighted by atomic mass is 79.9. The van der Waals surface area contributed by atoms with E-state index in [4.69, 9.17) is 0 Å². The molecule has 15 heavy (non-hydrogen) atoms. The van der Waals surface area contributed by atoms with Crippen molar-refractivity contribution in [2.24, 2.45) is 0 Å². The molecule has 2 heteroatoms. The van der Waals surface area contributed by atoms with Crippen LogP contribution in [0.2, 0.25) is 0 Å². The molecule has 0 radical (unpaired) electrons. The van der Waals surface area contributed by atoms with Gasteiger partial charge in [-0.15, -0.1) is 0 Å². The molecule has 0 saturated heterocycles. The number of rotatable bonds is 4. The predicted octanol–water partition coefficient (Wildman–Crippen LogP) is 4.12. The fourth-order valence-corrected chi connectivity index (χ4v) is 2.21. The monoisotopic (exact) mass is 269 g/mol. The Hall–Kier alpha value is -0.500. The van der Waals surface area contributed by atoms with Crippen LogP contribution in [0.1, 0.15) is 31.4 Å². The largest absolute Gasteiger partial charge is 0.372 e. The topological polar surface area (TPSA) is 3.24 Å². The summed E-state index contributed by atoms with van der Waals surface area (Å²) < 4.78 is 0. The van der Waals surface area contributed by atoms with E-state index in [0.29, 0.717) is 6.04 Å². The number of halogens is 1. The number of benzene rings is 1. The SMILES string of the molecule is CCC(C)N(C)c1ccc(CBr)c(C)c1. The highest BCUT2D eigenvalue weighted by molar-refractivity contribution is 9.08. The summed E-state index contributed by atoms with van der Waals surface area (Å²) in [5, 5.41) is 0.937. The zero-order valence-electron chi connectivity index (χ0n) is 10.0. The third kappa shape index (κ3) is 2.97. The summed E-state index contributed by atoms with van der Waals surface area (Å²) in [6.45, 7) is 6.65. The van der Waals surface area contributed by atoms with Crippen LogP contribution in [0.15, 0.2) is 18.2 Å². The second-order valence-corrected chi connectivity index (χ2v) is 4.67. The van der Waals surface area contributed by atoms with Crippen LogP contribution in [0.5, 0.6) is 0 Å². The van der Waals surface area contributed by atoms with Gasteiger partial charge in [0.2, 0.25) is 0 Å². The van der Waals surface area contributed by atoms with Crippen molar-refractivity contribution >= 4 is 21.6 Å². The van der Waals surface area contributed by atoms with Crippen molar-refractivity contribution in [2.45, 2.75) is 38.6 Å². The van der Waals surface area contributed by atoms with Gasteiger partial charge < -0.3 is 4.90 Å². The average molecular weight is 270 g/mol. The number of hydrogen-bond donors (Lipinski definition) is 0. The molecule has 84 valence electrons. The number of anilines is 1. The molecule has 0 bridgehead atoms. The van der Waals surface area contributed by atoms with Gasteiger partial charge in [0.25, 0.3) is 0 Å². The second-order valence-electron chi connectivity index (χ2n) is 4.11. The van der Waals surface area contributed by atoms with Gasteiger partial charge in [0.1, 0.15) is 0 Å². The van der Waals surface area contributed by atoms with Crippen molar-refractivity contribution in [3.8, 4) is 0 Å². The Bertz CT molecular complexity index is 322. The first-order valence-corrected chi connectivity index (χ1v) is 6.60. The molecule has 0 aliphatic heterocycles. The average Bonchev–Trinajstić information content (AvgIpc) is 2.26. The van der Waals surface area contributed by atoms with Crippen LogP contribution in [0.4, 0.5) is 5.69 Å². The normalized spacial score (nSPS) is 12.6. The summed E-state index contributed by atoms with van der Waals surface area (Å²) in [4.78, 5) is 2.34. The maximum atomic E-state index is 3.50. The van der Waals surface area contributed by atoms with E-state index in [1.807, 2.05) is 0 Å². The standard InChI is InChI=1S/C13H20BrN/c1-5-11(3)15(4)13-7-6-12(9-14)10(2)8-13/h6-8,11H,5,9H2,1-4H3. The zero-order chi connectivity index (χ0) is 11.4.